The van der Waals surface area contributed by atoms with Crippen LogP contribution in [-0.2, 0) is 17.1 Å². The van der Waals surface area contributed by atoms with Crippen molar-refractivity contribution in [2.45, 2.75) is 23.2 Å². The number of ether oxygens (including phenoxy) is 1. The fourth-order valence-electron chi connectivity index (χ4n) is 3.74. The summed E-state index contributed by atoms with van der Waals surface area (Å²) in [5.41, 5.74) is 0.929. The molecule has 2 aromatic heterocycles. The van der Waals surface area contributed by atoms with Crippen LogP contribution in [-0.4, -0.2) is 59.2 Å². The molecule has 0 spiro atoms. The molecule has 8 nitrogen and oxygen atoms in total. The van der Waals surface area contributed by atoms with Gasteiger partial charge in [-0.05, 0) is 11.6 Å². The van der Waals surface area contributed by atoms with Crippen molar-refractivity contribution >= 4 is 15.8 Å². The van der Waals surface area contributed by atoms with E-state index in [4.69, 9.17) is 4.74 Å². The molecule has 3 heterocycles. The van der Waals surface area contributed by atoms with Crippen molar-refractivity contribution in [2.75, 3.05) is 25.0 Å². The summed E-state index contributed by atoms with van der Waals surface area (Å²) < 4.78 is 71.4. The largest absolute Gasteiger partial charge is 0.484 e. The normalized spacial score (nSPS) is 19.5. The first-order chi connectivity index (χ1) is 15.6. The minimum Gasteiger partial charge on any atom is -0.484 e. The van der Waals surface area contributed by atoms with Crippen molar-refractivity contribution in [3.8, 4) is 5.75 Å². The summed E-state index contributed by atoms with van der Waals surface area (Å²) >= 11 is 0. The summed E-state index contributed by atoms with van der Waals surface area (Å²) in [6.45, 7) is -1.07. The summed E-state index contributed by atoms with van der Waals surface area (Å²) in [6, 6.07) is 11.7. The standard InChI is InChI=1S/C21H22F3N5O3S/c1-28-12-20(26-14-28)33(30,31)29-10-17(15-5-3-2-4-6-15)18(11-29)27-19-9-16(7-8-25-19)32-13-21(22,23)24/h2-9,12,14,17-18H,10-11,13H2,1H3,(H,25,27)/t17-,18+/m1/s1. The van der Waals surface area contributed by atoms with E-state index < -0.39 is 22.8 Å². The first-order valence-electron chi connectivity index (χ1n) is 10.1. The van der Waals surface area contributed by atoms with Crippen molar-refractivity contribution in [3.63, 3.8) is 0 Å². The van der Waals surface area contributed by atoms with Gasteiger partial charge in [-0.15, -0.1) is 0 Å². The molecule has 1 fully saturated rings. The number of nitrogens with one attached hydrogen (secondary N) is 1. The van der Waals surface area contributed by atoms with Crippen molar-refractivity contribution in [1.29, 1.82) is 0 Å². The van der Waals surface area contributed by atoms with Gasteiger partial charge in [0.15, 0.2) is 11.6 Å². The summed E-state index contributed by atoms with van der Waals surface area (Å²) in [5.74, 6) is 0.0842. The molecule has 4 rings (SSSR count). The van der Waals surface area contributed by atoms with Crippen LogP contribution < -0.4 is 10.1 Å². The van der Waals surface area contributed by atoms with Crippen LogP contribution in [0, 0.1) is 0 Å². The Hall–Kier alpha value is -3.12. The van der Waals surface area contributed by atoms with Crippen LogP contribution in [0.15, 0.2) is 66.2 Å². The fourth-order valence-corrected chi connectivity index (χ4v) is 5.20. The van der Waals surface area contributed by atoms with E-state index in [9.17, 15) is 21.6 Å². The van der Waals surface area contributed by atoms with Crippen molar-refractivity contribution < 1.29 is 26.3 Å². The zero-order valence-electron chi connectivity index (χ0n) is 17.6. The SMILES string of the molecule is Cn1cnc(S(=O)(=O)N2C[C@H](Nc3cc(OCC(F)(F)F)ccn3)[C@@H](c3ccccc3)C2)c1. The maximum atomic E-state index is 13.1. The average Bonchev–Trinajstić information content (AvgIpc) is 3.40. The first kappa shape index (κ1) is 23.1. The Balaban J connectivity index is 1.58. The van der Waals surface area contributed by atoms with E-state index >= 15 is 0 Å². The molecule has 0 saturated carbocycles. The smallest absolute Gasteiger partial charge is 0.422 e. The predicted molar refractivity (Wildman–Crippen MR) is 114 cm³/mol. The highest BCUT2D eigenvalue weighted by Gasteiger charge is 2.41. The van der Waals surface area contributed by atoms with Gasteiger partial charge in [-0.1, -0.05) is 30.3 Å². The number of aromatic nitrogens is 3. The lowest BCUT2D eigenvalue weighted by Crippen LogP contribution is -2.32. The van der Waals surface area contributed by atoms with Gasteiger partial charge in [0.2, 0.25) is 0 Å². The van der Waals surface area contributed by atoms with Gasteiger partial charge >= 0.3 is 6.18 Å². The van der Waals surface area contributed by atoms with Gasteiger partial charge < -0.3 is 14.6 Å². The Bertz CT molecular complexity index is 1200. The molecule has 0 aliphatic carbocycles. The van der Waals surface area contributed by atoms with Crippen LogP contribution in [0.2, 0.25) is 0 Å². The summed E-state index contributed by atoms with van der Waals surface area (Å²) in [6.07, 6.45) is -0.260. The zero-order valence-corrected chi connectivity index (χ0v) is 18.4. The van der Waals surface area contributed by atoms with Crippen LogP contribution in [0.5, 0.6) is 5.75 Å². The highest BCUT2D eigenvalue weighted by molar-refractivity contribution is 7.89. The molecular formula is C21H22F3N5O3S. The molecule has 1 saturated heterocycles. The minimum atomic E-state index is -4.46. The van der Waals surface area contributed by atoms with E-state index in [2.05, 4.69) is 15.3 Å². The van der Waals surface area contributed by atoms with Crippen LogP contribution in [0.1, 0.15) is 11.5 Å². The van der Waals surface area contributed by atoms with Gasteiger partial charge in [-0.3, -0.25) is 0 Å². The van der Waals surface area contributed by atoms with E-state index in [0.717, 1.165) is 5.56 Å². The number of hydrogen-bond donors (Lipinski definition) is 1. The number of hydrogen-bond acceptors (Lipinski definition) is 6. The molecule has 12 heteroatoms. The Morgan fingerprint density at radius 1 is 1.15 bits per heavy atom. The number of rotatable bonds is 7. The molecule has 1 aliphatic rings. The maximum Gasteiger partial charge on any atom is 0.422 e. The number of pyridine rings is 1. The second-order valence-electron chi connectivity index (χ2n) is 7.75. The Morgan fingerprint density at radius 2 is 1.91 bits per heavy atom. The molecule has 0 bridgehead atoms. The molecule has 1 aromatic carbocycles. The second-order valence-corrected chi connectivity index (χ2v) is 9.63. The van der Waals surface area contributed by atoms with E-state index in [1.807, 2.05) is 30.3 Å². The zero-order chi connectivity index (χ0) is 23.6. The molecule has 0 radical (unpaired) electrons. The maximum absolute atomic E-state index is 13.1. The number of alkyl halides is 3. The third-order valence-electron chi connectivity index (χ3n) is 5.27. The summed E-state index contributed by atoms with van der Waals surface area (Å²) in [7, 11) is -2.14. The molecule has 1 aliphatic heterocycles. The molecule has 2 atom stereocenters. The van der Waals surface area contributed by atoms with Gasteiger partial charge in [0, 0.05) is 50.6 Å². The molecule has 3 aromatic rings. The molecule has 0 amide bonds. The van der Waals surface area contributed by atoms with Gasteiger partial charge in [0.25, 0.3) is 10.0 Å². The van der Waals surface area contributed by atoms with Crippen LogP contribution in [0.3, 0.4) is 0 Å². The van der Waals surface area contributed by atoms with Crippen LogP contribution in [0.4, 0.5) is 19.0 Å². The minimum absolute atomic E-state index is 0.0112. The van der Waals surface area contributed by atoms with Crippen LogP contribution >= 0.6 is 0 Å². The average molecular weight is 482 g/mol. The Kier molecular flexibility index (Phi) is 6.30. The molecule has 176 valence electrons. The molecule has 33 heavy (non-hydrogen) atoms. The second kappa shape index (κ2) is 9.02. The highest BCUT2D eigenvalue weighted by Crippen LogP contribution is 2.33. The molecule has 0 unspecified atom stereocenters. The summed E-state index contributed by atoms with van der Waals surface area (Å²) in [5, 5.41) is 3.14. The predicted octanol–water partition coefficient (Wildman–Crippen LogP) is 3.03. The van der Waals surface area contributed by atoms with Gasteiger partial charge in [0.05, 0.1) is 6.33 Å². The quantitative estimate of drug-likeness (QED) is 0.558. The number of halogens is 3. The lowest BCUT2D eigenvalue weighted by molar-refractivity contribution is -0.153. The molecular weight excluding hydrogens is 459 g/mol. The lowest BCUT2D eigenvalue weighted by atomic mass is 9.94. The van der Waals surface area contributed by atoms with Crippen LogP contribution in [0.25, 0.3) is 0 Å². The highest BCUT2D eigenvalue weighted by atomic mass is 32.2. The van der Waals surface area contributed by atoms with E-state index in [-0.39, 0.29) is 41.6 Å². The Labute approximate surface area is 189 Å². The van der Waals surface area contributed by atoms with Crippen molar-refractivity contribution in [3.05, 3.63) is 66.7 Å². The lowest BCUT2D eigenvalue weighted by Gasteiger charge is -2.21. The monoisotopic (exact) mass is 481 g/mol. The van der Waals surface area contributed by atoms with Gasteiger partial charge in [0.1, 0.15) is 11.6 Å². The van der Waals surface area contributed by atoms with E-state index in [1.165, 1.54) is 35.2 Å². The van der Waals surface area contributed by atoms with Gasteiger partial charge in [-0.25, -0.2) is 18.4 Å². The molecule has 1 N–H and O–H groups in total. The first-order valence-corrected chi connectivity index (χ1v) is 11.5. The number of anilines is 1. The van der Waals surface area contributed by atoms with E-state index in [0.29, 0.717) is 0 Å². The fraction of sp³-hybridized carbons (Fsp3) is 0.333. The number of nitrogens with zero attached hydrogens (tertiary/aromatic N) is 4. The van der Waals surface area contributed by atoms with Crippen molar-refractivity contribution in [2.24, 2.45) is 7.05 Å². The number of imidazole rings is 1. The Morgan fingerprint density at radius 3 is 2.58 bits per heavy atom. The van der Waals surface area contributed by atoms with E-state index in [1.54, 1.807) is 11.6 Å². The third-order valence-corrected chi connectivity index (χ3v) is 6.98. The number of aryl methyl sites for hydroxylation is 1. The number of sulfonamides is 1. The van der Waals surface area contributed by atoms with Gasteiger partial charge in [-0.2, -0.15) is 17.5 Å². The van der Waals surface area contributed by atoms with Crippen molar-refractivity contribution in [1.82, 2.24) is 18.8 Å². The third kappa shape index (κ3) is 5.45. The number of benzene rings is 1. The topological polar surface area (TPSA) is 89.4 Å². The summed E-state index contributed by atoms with van der Waals surface area (Å²) in [4.78, 5) is 8.15.